The van der Waals surface area contributed by atoms with Crippen molar-refractivity contribution in [2.24, 2.45) is 7.05 Å². The molecule has 1 aromatic carbocycles. The average molecular weight is 248 g/mol. The van der Waals surface area contributed by atoms with Crippen LogP contribution in [-0.4, -0.2) is 21.5 Å². The molecule has 1 atom stereocenters. The first-order valence-corrected chi connectivity index (χ1v) is 5.98. The van der Waals surface area contributed by atoms with Crippen LogP contribution in [0.15, 0.2) is 24.4 Å². The van der Waals surface area contributed by atoms with Gasteiger partial charge in [0.05, 0.1) is 17.9 Å². The van der Waals surface area contributed by atoms with Crippen LogP contribution >= 0.6 is 0 Å². The second kappa shape index (κ2) is 5.27. The lowest BCUT2D eigenvalue weighted by Gasteiger charge is -2.19. The topological polar surface area (TPSA) is 42.7 Å². The van der Waals surface area contributed by atoms with Crippen LogP contribution in [0.3, 0.4) is 0 Å². The highest BCUT2D eigenvalue weighted by atomic mass is 19.1. The maximum absolute atomic E-state index is 14.2. The number of rotatable bonds is 4. The van der Waals surface area contributed by atoms with Gasteiger partial charge in [-0.25, -0.2) is 4.39 Å². The van der Waals surface area contributed by atoms with Gasteiger partial charge >= 0.3 is 0 Å². The van der Waals surface area contributed by atoms with Crippen molar-refractivity contribution in [3.63, 3.8) is 0 Å². The smallest absolute Gasteiger partial charge is 0.131 e. The summed E-state index contributed by atoms with van der Waals surface area (Å²) in [6.45, 7) is 4.50. The fraction of sp³-hybridized carbons (Fsp3) is 0.385. The van der Waals surface area contributed by atoms with Crippen molar-refractivity contribution in [1.82, 2.24) is 20.3 Å². The summed E-state index contributed by atoms with van der Waals surface area (Å²) in [5.74, 6) is -0.176. The van der Waals surface area contributed by atoms with E-state index >= 15 is 0 Å². The Bertz CT molecular complexity index is 536. The molecule has 0 aliphatic carbocycles. The van der Waals surface area contributed by atoms with Gasteiger partial charge in [0.1, 0.15) is 5.82 Å². The van der Waals surface area contributed by atoms with Gasteiger partial charge in [-0.15, -0.1) is 5.10 Å². The Balaban J connectivity index is 2.48. The highest BCUT2D eigenvalue weighted by Crippen LogP contribution is 2.24. The van der Waals surface area contributed by atoms with Crippen LogP contribution in [-0.2, 0) is 7.05 Å². The predicted octanol–water partition coefficient (Wildman–Crippen LogP) is 1.96. The van der Waals surface area contributed by atoms with Gasteiger partial charge < -0.3 is 5.32 Å². The number of nitrogens with one attached hydrogen (secondary N) is 1. The first kappa shape index (κ1) is 12.7. The number of halogens is 1. The summed E-state index contributed by atoms with van der Waals surface area (Å²) in [6, 6.07) is 5.20. The highest BCUT2D eigenvalue weighted by Gasteiger charge is 2.20. The van der Waals surface area contributed by atoms with Crippen LogP contribution in [0.4, 0.5) is 4.39 Å². The zero-order valence-corrected chi connectivity index (χ0v) is 10.8. The molecule has 1 unspecified atom stereocenters. The minimum Gasteiger partial charge on any atom is -0.305 e. The number of hydrogen-bond donors (Lipinski definition) is 1. The van der Waals surface area contributed by atoms with E-state index in [2.05, 4.69) is 15.6 Å². The largest absolute Gasteiger partial charge is 0.305 e. The number of nitrogens with zero attached hydrogens (tertiary/aromatic N) is 3. The molecule has 5 heteroatoms. The van der Waals surface area contributed by atoms with E-state index in [1.807, 2.05) is 13.0 Å². The van der Waals surface area contributed by atoms with E-state index in [4.69, 9.17) is 0 Å². The molecule has 0 fully saturated rings. The molecule has 0 bridgehead atoms. The van der Waals surface area contributed by atoms with Gasteiger partial charge in [0.25, 0.3) is 0 Å². The summed E-state index contributed by atoms with van der Waals surface area (Å²) in [7, 11) is 1.81. The van der Waals surface area contributed by atoms with Crippen molar-refractivity contribution in [3.05, 3.63) is 47.0 Å². The molecule has 0 aliphatic rings. The fourth-order valence-electron chi connectivity index (χ4n) is 2.03. The quantitative estimate of drug-likeness (QED) is 0.899. The van der Waals surface area contributed by atoms with E-state index in [9.17, 15) is 4.39 Å². The molecule has 1 aromatic heterocycles. The second-order valence-electron chi connectivity index (χ2n) is 4.25. The minimum absolute atomic E-state index is 0.176. The Morgan fingerprint density at radius 3 is 2.83 bits per heavy atom. The molecule has 96 valence electrons. The molecule has 2 rings (SSSR count). The van der Waals surface area contributed by atoms with Gasteiger partial charge in [0, 0.05) is 12.6 Å². The maximum Gasteiger partial charge on any atom is 0.131 e. The third kappa shape index (κ3) is 2.26. The second-order valence-corrected chi connectivity index (χ2v) is 4.25. The number of hydrogen-bond acceptors (Lipinski definition) is 3. The lowest BCUT2D eigenvalue weighted by atomic mass is 10.0. The summed E-state index contributed by atoms with van der Waals surface area (Å²) in [5, 5.41) is 11.0. The molecule has 0 aliphatic heterocycles. The third-order valence-corrected chi connectivity index (χ3v) is 2.99. The first-order valence-electron chi connectivity index (χ1n) is 5.98. The zero-order chi connectivity index (χ0) is 13.1. The normalized spacial score (nSPS) is 12.7. The zero-order valence-electron chi connectivity index (χ0n) is 10.8. The highest BCUT2D eigenvalue weighted by molar-refractivity contribution is 5.32. The van der Waals surface area contributed by atoms with Crippen molar-refractivity contribution in [2.45, 2.75) is 19.9 Å². The van der Waals surface area contributed by atoms with Crippen LogP contribution < -0.4 is 5.32 Å². The molecule has 0 radical (unpaired) electrons. The van der Waals surface area contributed by atoms with Gasteiger partial charge in [0.2, 0.25) is 0 Å². The Kier molecular flexibility index (Phi) is 3.72. The van der Waals surface area contributed by atoms with Gasteiger partial charge in [0.15, 0.2) is 0 Å². The molecule has 1 N–H and O–H groups in total. The molecular formula is C13H17FN4. The molecule has 0 spiro atoms. The lowest BCUT2D eigenvalue weighted by molar-refractivity contribution is 0.527. The molecule has 2 aromatic rings. The standard InChI is InChI=1S/C13H17FN4/c1-4-15-13(11-8-16-17-18(11)3)10-7-5-6-9(2)12(10)14/h5-8,13,15H,4H2,1-3H3. The van der Waals surface area contributed by atoms with E-state index in [1.54, 1.807) is 37.0 Å². The summed E-state index contributed by atoms with van der Waals surface area (Å²) in [5.41, 5.74) is 2.12. The van der Waals surface area contributed by atoms with E-state index in [0.717, 1.165) is 12.2 Å². The number of aromatic nitrogens is 3. The lowest BCUT2D eigenvalue weighted by Crippen LogP contribution is -2.25. The van der Waals surface area contributed by atoms with Gasteiger partial charge in [-0.2, -0.15) is 0 Å². The van der Waals surface area contributed by atoms with Crippen LogP contribution in [0.2, 0.25) is 0 Å². The molecule has 4 nitrogen and oxygen atoms in total. The number of benzene rings is 1. The van der Waals surface area contributed by atoms with E-state index in [1.165, 1.54) is 0 Å². The Hall–Kier alpha value is -1.75. The predicted molar refractivity (Wildman–Crippen MR) is 67.7 cm³/mol. The fourth-order valence-corrected chi connectivity index (χ4v) is 2.03. The van der Waals surface area contributed by atoms with Gasteiger partial charge in [-0.1, -0.05) is 30.3 Å². The summed E-state index contributed by atoms with van der Waals surface area (Å²) < 4.78 is 15.9. The third-order valence-electron chi connectivity index (χ3n) is 2.99. The van der Waals surface area contributed by atoms with Crippen LogP contribution in [0.25, 0.3) is 0 Å². The van der Waals surface area contributed by atoms with Crippen molar-refractivity contribution < 1.29 is 4.39 Å². The van der Waals surface area contributed by atoms with Crippen molar-refractivity contribution in [1.29, 1.82) is 0 Å². The molecule has 1 heterocycles. The molecule has 0 saturated carbocycles. The monoisotopic (exact) mass is 248 g/mol. The van der Waals surface area contributed by atoms with Crippen LogP contribution in [0.5, 0.6) is 0 Å². The van der Waals surface area contributed by atoms with Crippen molar-refractivity contribution in [2.75, 3.05) is 6.54 Å². The Morgan fingerprint density at radius 2 is 2.22 bits per heavy atom. The van der Waals surface area contributed by atoms with E-state index in [0.29, 0.717) is 11.1 Å². The summed E-state index contributed by atoms with van der Waals surface area (Å²) in [4.78, 5) is 0. The van der Waals surface area contributed by atoms with Crippen LogP contribution in [0, 0.1) is 12.7 Å². The SMILES string of the molecule is CCNC(c1cccc(C)c1F)c1cnnn1C. The first-order chi connectivity index (χ1) is 8.65. The van der Waals surface area contributed by atoms with Crippen LogP contribution in [0.1, 0.15) is 29.8 Å². The average Bonchev–Trinajstić information content (AvgIpc) is 2.76. The van der Waals surface area contributed by atoms with Gasteiger partial charge in [-0.05, 0) is 19.0 Å². The minimum atomic E-state index is -0.227. The van der Waals surface area contributed by atoms with Crippen molar-refractivity contribution in [3.8, 4) is 0 Å². The van der Waals surface area contributed by atoms with Gasteiger partial charge in [-0.3, -0.25) is 4.68 Å². The summed E-state index contributed by atoms with van der Waals surface area (Å²) in [6.07, 6.45) is 1.66. The summed E-state index contributed by atoms with van der Waals surface area (Å²) >= 11 is 0. The molecule has 18 heavy (non-hydrogen) atoms. The maximum atomic E-state index is 14.2. The van der Waals surface area contributed by atoms with E-state index < -0.39 is 0 Å². The van der Waals surface area contributed by atoms with Crippen molar-refractivity contribution >= 4 is 0 Å². The molecule has 0 amide bonds. The molecular weight excluding hydrogens is 231 g/mol. The number of aryl methyl sites for hydroxylation is 2. The Morgan fingerprint density at radius 1 is 1.44 bits per heavy atom. The Labute approximate surface area is 106 Å². The molecule has 0 saturated heterocycles. The van der Waals surface area contributed by atoms with E-state index in [-0.39, 0.29) is 11.9 Å².